The van der Waals surface area contributed by atoms with Gasteiger partial charge in [0, 0.05) is 16.0 Å². The van der Waals surface area contributed by atoms with Crippen LogP contribution in [0.1, 0.15) is 47.4 Å². The first-order valence-electron chi connectivity index (χ1n) is 6.54. The first-order chi connectivity index (χ1) is 8.84. The van der Waals surface area contributed by atoms with Crippen LogP contribution in [0.15, 0.2) is 4.47 Å². The molecule has 1 aliphatic carbocycles. The van der Waals surface area contributed by atoms with Crippen molar-refractivity contribution < 1.29 is 15.0 Å². The van der Waals surface area contributed by atoms with Crippen molar-refractivity contribution in [2.24, 2.45) is 5.92 Å². The molecule has 0 saturated heterocycles. The lowest BCUT2D eigenvalue weighted by atomic mass is 9.85. The number of carboxylic acid groups (broad SMARTS) is 1. The van der Waals surface area contributed by atoms with E-state index in [1.165, 1.54) is 0 Å². The van der Waals surface area contributed by atoms with Crippen LogP contribution in [0.5, 0.6) is 5.75 Å². The molecule has 1 aromatic rings. The average molecular weight is 327 g/mol. The fraction of sp³-hybridized carbons (Fsp3) is 0.533. The minimum Gasteiger partial charge on any atom is -0.507 e. The maximum Gasteiger partial charge on any atom is 0.303 e. The summed E-state index contributed by atoms with van der Waals surface area (Å²) in [7, 11) is 0. The second kappa shape index (κ2) is 5.16. The summed E-state index contributed by atoms with van der Waals surface area (Å²) >= 11 is 3.56. The summed E-state index contributed by atoms with van der Waals surface area (Å²) in [6, 6.07) is 0. The fourth-order valence-corrected chi connectivity index (χ4v) is 3.28. The smallest absolute Gasteiger partial charge is 0.303 e. The fourth-order valence-electron chi connectivity index (χ4n) is 2.77. The highest BCUT2D eigenvalue weighted by Gasteiger charge is 2.37. The summed E-state index contributed by atoms with van der Waals surface area (Å²) in [5.74, 6) is -0.204. The number of halogens is 1. The molecule has 0 heterocycles. The maximum atomic E-state index is 11.1. The number of phenols is 1. The van der Waals surface area contributed by atoms with Crippen molar-refractivity contribution in [3.63, 3.8) is 0 Å². The van der Waals surface area contributed by atoms with Gasteiger partial charge in [0.15, 0.2) is 0 Å². The first-order valence-corrected chi connectivity index (χ1v) is 7.33. The second-order valence-electron chi connectivity index (χ2n) is 5.49. The lowest BCUT2D eigenvalue weighted by molar-refractivity contribution is -0.137. The molecule has 1 atom stereocenters. The lowest BCUT2D eigenvalue weighted by Crippen LogP contribution is -2.11. The Balaban J connectivity index is 2.56. The number of carboxylic acids is 1. The van der Waals surface area contributed by atoms with E-state index in [0.29, 0.717) is 5.92 Å². The molecule has 4 heteroatoms. The molecule has 1 aliphatic rings. The highest BCUT2D eigenvalue weighted by Crippen LogP contribution is 2.50. The highest BCUT2D eigenvalue weighted by molar-refractivity contribution is 9.10. The Kier molecular flexibility index (Phi) is 3.90. The van der Waals surface area contributed by atoms with Crippen LogP contribution in [-0.2, 0) is 4.79 Å². The number of rotatable bonds is 4. The van der Waals surface area contributed by atoms with Crippen molar-refractivity contribution in [3.05, 3.63) is 26.7 Å². The largest absolute Gasteiger partial charge is 0.507 e. The first kappa shape index (κ1) is 14.4. The molecule has 19 heavy (non-hydrogen) atoms. The van der Waals surface area contributed by atoms with Gasteiger partial charge in [0.1, 0.15) is 5.75 Å². The number of benzene rings is 1. The quantitative estimate of drug-likeness (QED) is 0.877. The van der Waals surface area contributed by atoms with Gasteiger partial charge in [-0.1, -0.05) is 15.9 Å². The van der Waals surface area contributed by atoms with E-state index in [2.05, 4.69) is 15.9 Å². The number of phenolic OH excluding ortho intramolecular Hbond substituents is 1. The Bertz CT molecular complexity index is 504. The van der Waals surface area contributed by atoms with E-state index < -0.39 is 5.97 Å². The van der Waals surface area contributed by atoms with E-state index in [9.17, 15) is 9.90 Å². The molecule has 1 fully saturated rings. The molecule has 104 valence electrons. The van der Waals surface area contributed by atoms with Gasteiger partial charge in [0.05, 0.1) is 6.42 Å². The zero-order chi connectivity index (χ0) is 14.3. The predicted molar refractivity (Wildman–Crippen MR) is 77.7 cm³/mol. The maximum absolute atomic E-state index is 11.1. The topological polar surface area (TPSA) is 57.5 Å². The molecule has 0 radical (unpaired) electrons. The van der Waals surface area contributed by atoms with E-state index >= 15 is 0 Å². The molecule has 3 nitrogen and oxygen atoms in total. The molecule has 0 spiro atoms. The minimum atomic E-state index is -0.801. The zero-order valence-electron chi connectivity index (χ0n) is 11.5. The van der Waals surface area contributed by atoms with Crippen molar-refractivity contribution in [2.45, 2.75) is 46.0 Å². The molecule has 0 amide bonds. The Labute approximate surface area is 121 Å². The summed E-state index contributed by atoms with van der Waals surface area (Å²) in [5.41, 5.74) is 3.64. The van der Waals surface area contributed by atoms with Crippen LogP contribution in [0.25, 0.3) is 0 Å². The minimum absolute atomic E-state index is 0.0758. The number of carbonyl (C=O) groups is 1. The molecule has 0 bridgehead atoms. The van der Waals surface area contributed by atoms with Gasteiger partial charge in [-0.3, -0.25) is 4.79 Å². The molecule has 2 N–H and O–H groups in total. The summed E-state index contributed by atoms with van der Waals surface area (Å²) in [4.78, 5) is 11.1. The van der Waals surface area contributed by atoms with E-state index in [1.54, 1.807) is 0 Å². The number of hydrogen-bond acceptors (Lipinski definition) is 2. The highest BCUT2D eigenvalue weighted by atomic mass is 79.9. The van der Waals surface area contributed by atoms with E-state index in [4.69, 9.17) is 5.11 Å². The van der Waals surface area contributed by atoms with Gasteiger partial charge in [-0.05, 0) is 56.2 Å². The summed E-state index contributed by atoms with van der Waals surface area (Å²) < 4.78 is 0.980. The summed E-state index contributed by atoms with van der Waals surface area (Å²) in [5, 5.41) is 19.5. The van der Waals surface area contributed by atoms with Crippen molar-refractivity contribution in [1.82, 2.24) is 0 Å². The molecule has 0 aromatic heterocycles. The second-order valence-corrected chi connectivity index (χ2v) is 6.29. The third-order valence-electron chi connectivity index (χ3n) is 4.19. The van der Waals surface area contributed by atoms with Crippen LogP contribution < -0.4 is 0 Å². The number of hydrogen-bond donors (Lipinski definition) is 2. The van der Waals surface area contributed by atoms with Gasteiger partial charge < -0.3 is 10.2 Å². The van der Waals surface area contributed by atoms with Crippen LogP contribution in [0, 0.1) is 26.7 Å². The molecule has 1 saturated carbocycles. The molecule has 1 unspecified atom stereocenters. The normalized spacial score (nSPS) is 16.4. The molecular formula is C15H19BrO3. The molecule has 1 aromatic carbocycles. The van der Waals surface area contributed by atoms with Crippen LogP contribution >= 0.6 is 15.9 Å². The number of aromatic hydroxyl groups is 1. The Morgan fingerprint density at radius 2 is 1.84 bits per heavy atom. The molecule has 2 rings (SSSR count). The van der Waals surface area contributed by atoms with Gasteiger partial charge >= 0.3 is 5.97 Å². The average Bonchev–Trinajstić information content (AvgIpc) is 3.16. The standard InChI is InChI=1S/C15H19BrO3/c1-7-8(2)15(19)13(9(3)14(7)16)11(6-12(17)18)10-4-5-10/h10-11,19H,4-6H2,1-3H3,(H,17,18). The van der Waals surface area contributed by atoms with Gasteiger partial charge in [-0.15, -0.1) is 0 Å². The van der Waals surface area contributed by atoms with Gasteiger partial charge in [-0.2, -0.15) is 0 Å². The van der Waals surface area contributed by atoms with Gasteiger partial charge in [-0.25, -0.2) is 0 Å². The third kappa shape index (κ3) is 2.64. The van der Waals surface area contributed by atoms with Gasteiger partial charge in [0.2, 0.25) is 0 Å². The van der Waals surface area contributed by atoms with Crippen molar-refractivity contribution in [1.29, 1.82) is 0 Å². The third-order valence-corrected chi connectivity index (χ3v) is 5.38. The van der Waals surface area contributed by atoms with E-state index in [0.717, 1.165) is 39.6 Å². The van der Waals surface area contributed by atoms with Crippen LogP contribution in [-0.4, -0.2) is 16.2 Å². The Morgan fingerprint density at radius 1 is 1.26 bits per heavy atom. The van der Waals surface area contributed by atoms with Crippen molar-refractivity contribution in [3.8, 4) is 5.75 Å². The molecular weight excluding hydrogens is 308 g/mol. The number of aliphatic carboxylic acids is 1. The van der Waals surface area contributed by atoms with Crippen LogP contribution in [0.4, 0.5) is 0 Å². The zero-order valence-corrected chi connectivity index (χ0v) is 13.0. The van der Waals surface area contributed by atoms with Crippen molar-refractivity contribution in [2.75, 3.05) is 0 Å². The predicted octanol–water partition coefficient (Wildman–Crippen LogP) is 4.05. The van der Waals surface area contributed by atoms with Crippen LogP contribution in [0.2, 0.25) is 0 Å². The monoisotopic (exact) mass is 326 g/mol. The van der Waals surface area contributed by atoms with Crippen molar-refractivity contribution >= 4 is 21.9 Å². The summed E-state index contributed by atoms with van der Waals surface area (Å²) in [6.07, 6.45) is 2.21. The van der Waals surface area contributed by atoms with Crippen LogP contribution in [0.3, 0.4) is 0 Å². The van der Waals surface area contributed by atoms with E-state index in [1.807, 2.05) is 20.8 Å². The molecule has 0 aliphatic heterocycles. The Morgan fingerprint density at radius 3 is 2.32 bits per heavy atom. The lowest BCUT2D eigenvalue weighted by Gasteiger charge is -2.22. The SMILES string of the molecule is Cc1c(C)c(Br)c(C)c(C(CC(=O)O)C2CC2)c1O. The Hall–Kier alpha value is -1.03. The summed E-state index contributed by atoms with van der Waals surface area (Å²) in [6.45, 7) is 5.78. The van der Waals surface area contributed by atoms with E-state index in [-0.39, 0.29) is 18.1 Å². The van der Waals surface area contributed by atoms with Gasteiger partial charge in [0.25, 0.3) is 0 Å².